The summed E-state index contributed by atoms with van der Waals surface area (Å²) in [6, 6.07) is 8.81. The number of pyridine rings is 1. The Morgan fingerprint density at radius 3 is 3.10 bits per heavy atom. The van der Waals surface area contributed by atoms with E-state index in [-0.39, 0.29) is 11.9 Å². The van der Waals surface area contributed by atoms with Gasteiger partial charge in [-0.05, 0) is 42.2 Å². The number of fused-ring (bicyclic) bond motifs is 1. The summed E-state index contributed by atoms with van der Waals surface area (Å²) >= 11 is 0. The average Bonchev–Trinajstić information content (AvgIpc) is 2.92. The van der Waals surface area contributed by atoms with E-state index < -0.39 is 0 Å². The van der Waals surface area contributed by atoms with Gasteiger partial charge in [0, 0.05) is 12.6 Å². The first-order valence-electron chi connectivity index (χ1n) is 6.84. The molecule has 4 heteroatoms. The number of nitrogens with two attached hydrogens (primary N) is 1. The van der Waals surface area contributed by atoms with Crippen molar-refractivity contribution in [3.8, 4) is 5.75 Å². The Labute approximate surface area is 117 Å². The van der Waals surface area contributed by atoms with E-state index in [1.807, 2.05) is 12.1 Å². The molecule has 1 aliphatic heterocycles. The van der Waals surface area contributed by atoms with E-state index in [9.17, 15) is 4.39 Å². The minimum atomic E-state index is -0.374. The fraction of sp³-hybridized carbons (Fsp3) is 0.312. The second-order valence-electron chi connectivity index (χ2n) is 5.06. The maximum absolute atomic E-state index is 13.6. The normalized spacial score (nSPS) is 14.7. The number of halogens is 1. The van der Waals surface area contributed by atoms with Crippen LogP contribution >= 0.6 is 0 Å². The fourth-order valence-electron chi connectivity index (χ4n) is 2.53. The topological polar surface area (TPSA) is 48.1 Å². The van der Waals surface area contributed by atoms with Crippen LogP contribution in [0.1, 0.15) is 29.3 Å². The lowest BCUT2D eigenvalue weighted by Gasteiger charge is -2.12. The van der Waals surface area contributed by atoms with Crippen molar-refractivity contribution in [1.82, 2.24) is 4.98 Å². The van der Waals surface area contributed by atoms with Crippen LogP contribution in [-0.4, -0.2) is 11.6 Å². The minimum Gasteiger partial charge on any atom is -0.493 e. The zero-order chi connectivity index (χ0) is 13.9. The number of rotatable bonds is 4. The van der Waals surface area contributed by atoms with Gasteiger partial charge in [0.15, 0.2) is 0 Å². The summed E-state index contributed by atoms with van der Waals surface area (Å²) in [6.45, 7) is 0.761. The van der Waals surface area contributed by atoms with E-state index in [1.54, 1.807) is 12.3 Å². The van der Waals surface area contributed by atoms with Crippen molar-refractivity contribution in [2.75, 3.05) is 6.61 Å². The molecular formula is C16H17FN2O. The fourth-order valence-corrected chi connectivity index (χ4v) is 2.53. The van der Waals surface area contributed by atoms with Gasteiger partial charge in [-0.15, -0.1) is 0 Å². The highest BCUT2D eigenvalue weighted by Gasteiger charge is 2.15. The highest BCUT2D eigenvalue weighted by atomic mass is 19.1. The molecule has 0 bridgehead atoms. The molecule has 3 rings (SSSR count). The van der Waals surface area contributed by atoms with Crippen molar-refractivity contribution in [3.63, 3.8) is 0 Å². The van der Waals surface area contributed by atoms with Crippen LogP contribution in [0.4, 0.5) is 4.39 Å². The molecule has 0 saturated heterocycles. The summed E-state index contributed by atoms with van der Waals surface area (Å²) in [4.78, 5) is 4.03. The predicted octanol–water partition coefficient (Wildman–Crippen LogP) is 2.79. The minimum absolute atomic E-state index is 0.331. The number of nitrogens with zero attached hydrogens (tertiary/aromatic N) is 1. The van der Waals surface area contributed by atoms with E-state index in [2.05, 4.69) is 11.1 Å². The number of hydrogen-bond acceptors (Lipinski definition) is 3. The molecule has 1 aromatic carbocycles. The second-order valence-corrected chi connectivity index (χ2v) is 5.06. The van der Waals surface area contributed by atoms with Gasteiger partial charge in [-0.1, -0.05) is 12.1 Å². The summed E-state index contributed by atoms with van der Waals surface area (Å²) in [6.07, 6.45) is 4.02. The van der Waals surface area contributed by atoms with E-state index >= 15 is 0 Å². The zero-order valence-electron chi connectivity index (χ0n) is 11.2. The van der Waals surface area contributed by atoms with Gasteiger partial charge in [-0.25, -0.2) is 4.39 Å². The molecule has 0 amide bonds. The molecular weight excluding hydrogens is 255 g/mol. The van der Waals surface area contributed by atoms with Crippen molar-refractivity contribution in [2.24, 2.45) is 5.73 Å². The molecule has 0 aliphatic carbocycles. The molecule has 1 atom stereocenters. The number of benzene rings is 1. The molecule has 0 radical (unpaired) electrons. The lowest BCUT2D eigenvalue weighted by molar-refractivity contribution is 0.357. The molecule has 1 aromatic heterocycles. The van der Waals surface area contributed by atoms with E-state index in [4.69, 9.17) is 10.5 Å². The summed E-state index contributed by atoms with van der Waals surface area (Å²) in [5.41, 5.74) is 8.83. The molecule has 104 valence electrons. The van der Waals surface area contributed by atoms with Crippen LogP contribution in [0.5, 0.6) is 5.75 Å². The summed E-state index contributed by atoms with van der Waals surface area (Å²) in [5, 5.41) is 0. The molecule has 2 aromatic rings. The molecule has 2 N–H and O–H groups in total. The Hall–Kier alpha value is -1.94. The first-order chi connectivity index (χ1) is 9.74. The van der Waals surface area contributed by atoms with Gasteiger partial charge >= 0.3 is 0 Å². The monoisotopic (exact) mass is 272 g/mol. The SMILES string of the molecule is NC(CCc1ccc2c(c1)CCO2)c1ncccc1F. The number of aryl methyl sites for hydroxylation is 1. The Morgan fingerprint density at radius 2 is 2.25 bits per heavy atom. The Balaban J connectivity index is 1.66. The number of aromatic nitrogens is 1. The van der Waals surface area contributed by atoms with E-state index in [1.165, 1.54) is 17.2 Å². The van der Waals surface area contributed by atoms with Crippen LogP contribution in [0.2, 0.25) is 0 Å². The second kappa shape index (κ2) is 5.59. The van der Waals surface area contributed by atoms with Crippen LogP contribution in [0.25, 0.3) is 0 Å². The largest absolute Gasteiger partial charge is 0.493 e. The van der Waals surface area contributed by atoms with Gasteiger partial charge in [0.05, 0.1) is 18.3 Å². The molecule has 1 unspecified atom stereocenters. The first kappa shape index (κ1) is 13.1. The lowest BCUT2D eigenvalue weighted by atomic mass is 10.0. The maximum Gasteiger partial charge on any atom is 0.146 e. The van der Waals surface area contributed by atoms with Gasteiger partial charge in [0.2, 0.25) is 0 Å². The van der Waals surface area contributed by atoms with Crippen LogP contribution in [0.3, 0.4) is 0 Å². The van der Waals surface area contributed by atoms with Crippen LogP contribution < -0.4 is 10.5 Å². The van der Waals surface area contributed by atoms with E-state index in [0.29, 0.717) is 12.1 Å². The summed E-state index contributed by atoms with van der Waals surface area (Å²) < 4.78 is 19.1. The third-order valence-electron chi connectivity index (χ3n) is 3.64. The van der Waals surface area contributed by atoms with Crippen molar-refractivity contribution >= 4 is 0 Å². The lowest BCUT2D eigenvalue weighted by Crippen LogP contribution is -2.14. The molecule has 20 heavy (non-hydrogen) atoms. The molecule has 0 spiro atoms. The number of hydrogen-bond donors (Lipinski definition) is 1. The first-order valence-corrected chi connectivity index (χ1v) is 6.84. The average molecular weight is 272 g/mol. The number of ether oxygens (including phenoxy) is 1. The molecule has 0 saturated carbocycles. The third kappa shape index (κ3) is 2.65. The summed E-state index contributed by atoms with van der Waals surface area (Å²) in [7, 11) is 0. The smallest absolute Gasteiger partial charge is 0.146 e. The van der Waals surface area contributed by atoms with Crippen LogP contribution in [0.15, 0.2) is 36.5 Å². The van der Waals surface area contributed by atoms with E-state index in [0.717, 1.165) is 25.2 Å². The quantitative estimate of drug-likeness (QED) is 0.931. The van der Waals surface area contributed by atoms with Crippen molar-refractivity contribution in [3.05, 3.63) is 59.2 Å². The Kier molecular flexibility index (Phi) is 3.65. The van der Waals surface area contributed by atoms with Crippen LogP contribution in [-0.2, 0) is 12.8 Å². The Morgan fingerprint density at radius 1 is 1.35 bits per heavy atom. The van der Waals surface area contributed by atoms with Crippen molar-refractivity contribution < 1.29 is 9.13 Å². The van der Waals surface area contributed by atoms with Gasteiger partial charge in [-0.3, -0.25) is 4.98 Å². The van der Waals surface area contributed by atoms with Crippen molar-refractivity contribution in [2.45, 2.75) is 25.3 Å². The standard InChI is InChI=1S/C16H17FN2O/c17-13-2-1-8-19-16(13)14(18)5-3-11-4-6-15-12(10-11)7-9-20-15/h1-2,4,6,8,10,14H,3,5,7,9,18H2. The predicted molar refractivity (Wildman–Crippen MR) is 75.1 cm³/mol. The van der Waals surface area contributed by atoms with Gasteiger partial charge in [0.25, 0.3) is 0 Å². The van der Waals surface area contributed by atoms with Gasteiger partial charge in [0.1, 0.15) is 11.6 Å². The highest BCUT2D eigenvalue weighted by Crippen LogP contribution is 2.27. The zero-order valence-corrected chi connectivity index (χ0v) is 11.2. The molecule has 0 fully saturated rings. The molecule has 3 nitrogen and oxygen atoms in total. The maximum atomic E-state index is 13.6. The van der Waals surface area contributed by atoms with Crippen LogP contribution in [0, 0.1) is 5.82 Å². The Bertz CT molecular complexity index is 615. The van der Waals surface area contributed by atoms with Crippen molar-refractivity contribution in [1.29, 1.82) is 0 Å². The van der Waals surface area contributed by atoms with Gasteiger partial charge < -0.3 is 10.5 Å². The molecule has 1 aliphatic rings. The third-order valence-corrected chi connectivity index (χ3v) is 3.64. The molecule has 2 heterocycles. The highest BCUT2D eigenvalue weighted by molar-refractivity contribution is 5.39. The van der Waals surface area contributed by atoms with Gasteiger partial charge in [-0.2, -0.15) is 0 Å². The summed E-state index contributed by atoms with van der Waals surface area (Å²) in [5.74, 6) is 0.649.